The van der Waals surface area contributed by atoms with Crippen LogP contribution in [-0.2, 0) is 9.31 Å². The predicted molar refractivity (Wildman–Crippen MR) is 96.1 cm³/mol. The zero-order chi connectivity index (χ0) is 18.2. The molecule has 1 aromatic heterocycles. The summed E-state index contributed by atoms with van der Waals surface area (Å²) < 4.78 is 32.4. The highest BCUT2D eigenvalue weighted by Gasteiger charge is 2.53. The second-order valence-corrected chi connectivity index (χ2v) is 7.97. The van der Waals surface area contributed by atoms with E-state index in [2.05, 4.69) is 4.98 Å². The van der Waals surface area contributed by atoms with Crippen LogP contribution in [0.5, 0.6) is 5.88 Å². The van der Waals surface area contributed by atoms with E-state index in [9.17, 15) is 4.39 Å². The Morgan fingerprint density at radius 1 is 1.16 bits per heavy atom. The first-order valence-electron chi connectivity index (χ1n) is 9.01. The van der Waals surface area contributed by atoms with Gasteiger partial charge in [-0.2, -0.15) is 0 Å². The lowest BCUT2D eigenvalue weighted by Gasteiger charge is -2.32. The minimum atomic E-state index is -0.893. The van der Waals surface area contributed by atoms with Crippen LogP contribution in [0.4, 0.5) is 4.39 Å². The van der Waals surface area contributed by atoms with E-state index in [0.29, 0.717) is 18.7 Å². The molecule has 0 N–H and O–H groups in total. The van der Waals surface area contributed by atoms with E-state index in [4.69, 9.17) is 14.0 Å². The third-order valence-corrected chi connectivity index (χ3v) is 5.48. The van der Waals surface area contributed by atoms with Crippen molar-refractivity contribution in [2.75, 3.05) is 0 Å². The molecule has 3 rings (SSSR count). The molecule has 1 aliphatic carbocycles. The Morgan fingerprint density at radius 2 is 1.76 bits per heavy atom. The van der Waals surface area contributed by atoms with Gasteiger partial charge in [-0.3, -0.25) is 0 Å². The van der Waals surface area contributed by atoms with Crippen molar-refractivity contribution in [1.82, 2.24) is 4.98 Å². The fourth-order valence-electron chi connectivity index (χ4n) is 3.16. The first-order chi connectivity index (χ1) is 11.7. The number of allylic oxidation sites excluding steroid dienone is 1. The number of aryl methyl sites for hydroxylation is 1. The molecule has 6 heteroatoms. The maximum absolute atomic E-state index is 14.9. The lowest BCUT2D eigenvalue weighted by molar-refractivity contribution is 0.00578. The molecule has 4 nitrogen and oxygen atoms in total. The van der Waals surface area contributed by atoms with Crippen LogP contribution in [0.25, 0.3) is 0 Å². The zero-order valence-electron chi connectivity index (χ0n) is 15.8. The average Bonchev–Trinajstić information content (AvgIpc) is 2.75. The minimum Gasteiger partial charge on any atom is -0.474 e. The second kappa shape index (κ2) is 6.73. The number of hydrogen-bond acceptors (Lipinski definition) is 4. The molecule has 0 unspecified atom stereocenters. The van der Waals surface area contributed by atoms with E-state index < -0.39 is 18.3 Å². The smallest absolute Gasteiger partial charge is 0.474 e. The maximum atomic E-state index is 14.9. The molecule has 25 heavy (non-hydrogen) atoms. The normalized spacial score (nSPS) is 25.1. The van der Waals surface area contributed by atoms with Gasteiger partial charge in [0.25, 0.3) is 0 Å². The van der Waals surface area contributed by atoms with Crippen LogP contribution in [0.2, 0.25) is 0 Å². The van der Waals surface area contributed by atoms with E-state index in [1.54, 1.807) is 0 Å². The van der Waals surface area contributed by atoms with E-state index in [-0.39, 0.29) is 11.8 Å². The summed E-state index contributed by atoms with van der Waals surface area (Å²) in [5, 5.41) is 0. The first-order valence-corrected chi connectivity index (χ1v) is 9.01. The quantitative estimate of drug-likeness (QED) is 0.751. The van der Waals surface area contributed by atoms with Gasteiger partial charge in [0.15, 0.2) is 0 Å². The molecule has 2 heterocycles. The highest BCUT2D eigenvalue weighted by atomic mass is 19.1. The number of hydrogen-bond donors (Lipinski definition) is 0. The van der Waals surface area contributed by atoms with Crippen LogP contribution in [0, 0.1) is 6.92 Å². The van der Waals surface area contributed by atoms with E-state index in [1.807, 2.05) is 52.8 Å². The summed E-state index contributed by atoms with van der Waals surface area (Å²) >= 11 is 0. The number of nitrogens with zero attached hydrogens (tertiary/aromatic N) is 1. The summed E-state index contributed by atoms with van der Waals surface area (Å²) in [7, 11) is -0.893. The number of pyridine rings is 1. The van der Waals surface area contributed by atoms with Crippen molar-refractivity contribution in [3.63, 3.8) is 0 Å². The van der Waals surface area contributed by atoms with Crippen LogP contribution in [0.15, 0.2) is 29.5 Å². The Bertz CT molecular complexity index is 648. The third-order valence-electron chi connectivity index (χ3n) is 5.48. The van der Waals surface area contributed by atoms with Crippen LogP contribution in [0.3, 0.4) is 0 Å². The molecule has 2 fully saturated rings. The van der Waals surface area contributed by atoms with Crippen LogP contribution < -0.4 is 4.74 Å². The van der Waals surface area contributed by atoms with Crippen molar-refractivity contribution in [3.8, 4) is 5.88 Å². The van der Waals surface area contributed by atoms with Crippen molar-refractivity contribution in [3.05, 3.63) is 35.2 Å². The van der Waals surface area contributed by atoms with Crippen molar-refractivity contribution < 1.29 is 18.4 Å². The van der Waals surface area contributed by atoms with Gasteiger partial charge < -0.3 is 14.0 Å². The molecule has 1 aromatic rings. The summed E-state index contributed by atoms with van der Waals surface area (Å²) in [5.41, 5.74) is 0.418. The lowest BCUT2D eigenvalue weighted by Crippen LogP contribution is -2.41. The Kier molecular flexibility index (Phi) is 4.95. The zero-order valence-corrected chi connectivity index (χ0v) is 15.8. The second-order valence-electron chi connectivity index (χ2n) is 7.97. The Hall–Kier alpha value is -1.40. The largest absolute Gasteiger partial charge is 0.525 e. The molecule has 1 saturated heterocycles. The Morgan fingerprint density at radius 3 is 2.32 bits per heavy atom. The van der Waals surface area contributed by atoms with Gasteiger partial charge in [0, 0.05) is 11.8 Å². The summed E-state index contributed by atoms with van der Waals surface area (Å²) in [6.45, 7) is 9.68. The molecule has 0 spiro atoms. The van der Waals surface area contributed by atoms with E-state index in [1.165, 1.54) is 0 Å². The molecule has 1 saturated carbocycles. The van der Waals surface area contributed by atoms with Gasteiger partial charge in [0.05, 0.1) is 11.2 Å². The topological polar surface area (TPSA) is 40.6 Å². The van der Waals surface area contributed by atoms with Gasteiger partial charge in [0.2, 0.25) is 5.88 Å². The Labute approximate surface area is 149 Å². The molecular formula is C19H27BFNO3. The summed E-state index contributed by atoms with van der Waals surface area (Å²) in [6, 6.07) is 5.74. The number of halogens is 1. The molecule has 136 valence electrons. The average molecular weight is 347 g/mol. The summed E-state index contributed by atoms with van der Waals surface area (Å²) in [4.78, 5) is 4.37. The number of rotatable bonds is 3. The summed E-state index contributed by atoms with van der Waals surface area (Å²) in [6.07, 6.45) is 2.94. The van der Waals surface area contributed by atoms with Gasteiger partial charge >= 0.3 is 7.12 Å². The van der Waals surface area contributed by atoms with Crippen LogP contribution >= 0.6 is 0 Å². The van der Waals surface area contributed by atoms with Gasteiger partial charge in [0.1, 0.15) is 11.8 Å². The van der Waals surface area contributed by atoms with Gasteiger partial charge in [-0.25, -0.2) is 9.37 Å². The van der Waals surface area contributed by atoms with Gasteiger partial charge in [-0.05, 0) is 71.9 Å². The predicted octanol–water partition coefficient (Wildman–Crippen LogP) is 4.57. The minimum absolute atomic E-state index is 0.0733. The van der Waals surface area contributed by atoms with Gasteiger partial charge in [-0.1, -0.05) is 6.07 Å². The molecule has 2 aliphatic rings. The fraction of sp³-hybridized carbons (Fsp3) is 0.632. The van der Waals surface area contributed by atoms with Gasteiger partial charge in [-0.15, -0.1) is 0 Å². The summed E-state index contributed by atoms with van der Waals surface area (Å²) in [5.74, 6) is 0.642. The SMILES string of the molecule is Cc1cccc(OC2CCC(=C(F)B3OC(C)(C)C(C)(C)O3)CC2)n1. The molecule has 0 radical (unpaired) electrons. The molecule has 0 amide bonds. The van der Waals surface area contributed by atoms with Crippen LogP contribution in [-0.4, -0.2) is 29.4 Å². The highest BCUT2D eigenvalue weighted by molar-refractivity contribution is 6.53. The monoisotopic (exact) mass is 347 g/mol. The van der Waals surface area contributed by atoms with Crippen LogP contribution in [0.1, 0.15) is 59.1 Å². The molecule has 0 bridgehead atoms. The molecular weight excluding hydrogens is 320 g/mol. The Balaban J connectivity index is 1.61. The molecule has 1 aliphatic heterocycles. The van der Waals surface area contributed by atoms with Crippen molar-refractivity contribution in [1.29, 1.82) is 0 Å². The standard InChI is InChI=1S/C19H27BFNO3/c1-13-7-6-8-16(22-13)23-15-11-9-14(10-12-15)17(21)20-24-18(2,3)19(4,5)25-20/h6-8,15H,9-12H2,1-5H3. The maximum Gasteiger partial charge on any atom is 0.525 e. The first kappa shape index (κ1) is 18.4. The fourth-order valence-corrected chi connectivity index (χ4v) is 3.16. The molecule has 0 aromatic carbocycles. The molecule has 0 atom stereocenters. The van der Waals surface area contributed by atoms with Crippen molar-refractivity contribution in [2.45, 2.75) is 77.6 Å². The van der Waals surface area contributed by atoms with Crippen molar-refractivity contribution >= 4 is 7.12 Å². The third kappa shape index (κ3) is 3.90. The van der Waals surface area contributed by atoms with E-state index in [0.717, 1.165) is 24.1 Å². The number of ether oxygens (including phenoxy) is 1. The van der Waals surface area contributed by atoms with E-state index >= 15 is 0 Å². The highest BCUT2D eigenvalue weighted by Crippen LogP contribution is 2.40. The lowest BCUT2D eigenvalue weighted by atomic mass is 9.79. The van der Waals surface area contributed by atoms with Crippen molar-refractivity contribution in [2.24, 2.45) is 0 Å². The number of aromatic nitrogens is 1.